The van der Waals surface area contributed by atoms with Gasteiger partial charge in [0.1, 0.15) is 5.75 Å². The molecule has 0 amide bonds. The van der Waals surface area contributed by atoms with Crippen LogP contribution in [0.4, 0.5) is 0 Å². The van der Waals surface area contributed by atoms with E-state index in [4.69, 9.17) is 4.74 Å². The van der Waals surface area contributed by atoms with E-state index in [1.54, 1.807) is 7.11 Å². The zero-order valence-corrected chi connectivity index (χ0v) is 13.3. The van der Waals surface area contributed by atoms with Gasteiger partial charge in [0, 0.05) is 35.7 Å². The molecule has 1 aromatic heterocycles. The maximum absolute atomic E-state index is 5.29. The molecule has 18 heavy (non-hydrogen) atoms. The Kier molecular flexibility index (Phi) is 6.65. The van der Waals surface area contributed by atoms with Crippen molar-refractivity contribution in [3.8, 4) is 5.75 Å². The van der Waals surface area contributed by atoms with E-state index in [0.29, 0.717) is 6.04 Å². The van der Waals surface area contributed by atoms with Crippen molar-refractivity contribution in [1.82, 2.24) is 9.88 Å². The summed E-state index contributed by atoms with van der Waals surface area (Å²) in [5.41, 5.74) is 2.09. The van der Waals surface area contributed by atoms with E-state index in [-0.39, 0.29) is 0 Å². The number of aryl methyl sites for hydroxylation is 1. The van der Waals surface area contributed by atoms with Crippen LogP contribution < -0.4 is 4.74 Å². The van der Waals surface area contributed by atoms with Crippen LogP contribution in [0, 0.1) is 6.92 Å². The molecular weight excluding hydrogens is 292 g/mol. The molecule has 0 bridgehead atoms. The van der Waals surface area contributed by atoms with Gasteiger partial charge >= 0.3 is 0 Å². The van der Waals surface area contributed by atoms with E-state index < -0.39 is 0 Å². The van der Waals surface area contributed by atoms with Gasteiger partial charge in [0.05, 0.1) is 12.8 Å². The third-order valence-corrected chi connectivity index (χ3v) is 3.45. The minimum atomic E-state index is 0.525. The van der Waals surface area contributed by atoms with Crippen LogP contribution in [0.15, 0.2) is 12.1 Å². The number of pyridine rings is 1. The van der Waals surface area contributed by atoms with Crippen LogP contribution in [0.1, 0.15) is 31.7 Å². The van der Waals surface area contributed by atoms with Gasteiger partial charge in [-0.3, -0.25) is 9.88 Å². The topological polar surface area (TPSA) is 25.4 Å². The third kappa shape index (κ3) is 4.94. The number of hydrogen-bond acceptors (Lipinski definition) is 3. The number of halogens is 1. The smallest absolute Gasteiger partial charge is 0.122 e. The molecule has 0 N–H and O–H groups in total. The Labute approximate surface area is 119 Å². The summed E-state index contributed by atoms with van der Waals surface area (Å²) in [7, 11) is 1.70. The van der Waals surface area contributed by atoms with E-state index >= 15 is 0 Å². The number of nitrogens with zero attached hydrogens (tertiary/aromatic N) is 2. The Bertz CT molecular complexity index is 369. The predicted octanol–water partition coefficient (Wildman–Crippen LogP) is 3.39. The van der Waals surface area contributed by atoms with Crippen molar-refractivity contribution in [3.63, 3.8) is 0 Å². The second-order valence-electron chi connectivity index (χ2n) is 4.75. The lowest BCUT2D eigenvalue weighted by Crippen LogP contribution is -2.31. The molecule has 3 nitrogen and oxygen atoms in total. The fourth-order valence-electron chi connectivity index (χ4n) is 1.89. The van der Waals surface area contributed by atoms with Crippen LogP contribution in [0.25, 0.3) is 0 Å². The molecule has 102 valence electrons. The quantitative estimate of drug-likeness (QED) is 0.721. The van der Waals surface area contributed by atoms with Crippen molar-refractivity contribution in [1.29, 1.82) is 0 Å². The molecular formula is C14H23BrN2O. The summed E-state index contributed by atoms with van der Waals surface area (Å²) in [5.74, 6) is 0.890. The van der Waals surface area contributed by atoms with Gasteiger partial charge in [0.25, 0.3) is 0 Å². The lowest BCUT2D eigenvalue weighted by atomic mass is 10.2. The third-order valence-electron chi connectivity index (χ3n) is 2.89. The summed E-state index contributed by atoms with van der Waals surface area (Å²) >= 11 is 3.48. The molecule has 0 atom stereocenters. The fourth-order valence-corrected chi connectivity index (χ4v) is 2.14. The molecule has 0 unspecified atom stereocenters. The van der Waals surface area contributed by atoms with Crippen LogP contribution in [-0.4, -0.2) is 34.9 Å². The molecule has 0 aliphatic rings. The number of ether oxygens (including phenoxy) is 1. The molecule has 0 aromatic carbocycles. The van der Waals surface area contributed by atoms with Crippen LogP contribution in [0.2, 0.25) is 0 Å². The maximum atomic E-state index is 5.29. The van der Waals surface area contributed by atoms with E-state index in [0.717, 1.165) is 42.0 Å². The monoisotopic (exact) mass is 314 g/mol. The fraction of sp³-hybridized carbons (Fsp3) is 0.643. The first-order valence-electron chi connectivity index (χ1n) is 6.38. The number of alkyl halides is 1. The predicted molar refractivity (Wildman–Crippen MR) is 79.5 cm³/mol. The highest BCUT2D eigenvalue weighted by atomic mass is 79.9. The summed E-state index contributed by atoms with van der Waals surface area (Å²) < 4.78 is 5.29. The van der Waals surface area contributed by atoms with Crippen molar-refractivity contribution in [2.24, 2.45) is 0 Å². The normalized spacial score (nSPS) is 11.3. The second-order valence-corrected chi connectivity index (χ2v) is 5.54. The maximum Gasteiger partial charge on any atom is 0.122 e. The minimum Gasteiger partial charge on any atom is -0.497 e. The van der Waals surface area contributed by atoms with Gasteiger partial charge in [0.15, 0.2) is 0 Å². The van der Waals surface area contributed by atoms with Gasteiger partial charge in [-0.25, -0.2) is 0 Å². The van der Waals surface area contributed by atoms with Crippen molar-refractivity contribution in [2.45, 2.75) is 39.8 Å². The average Bonchev–Trinajstić information content (AvgIpc) is 2.33. The van der Waals surface area contributed by atoms with E-state index in [2.05, 4.69) is 39.7 Å². The first-order valence-corrected chi connectivity index (χ1v) is 7.50. The molecule has 4 heteroatoms. The average molecular weight is 315 g/mol. The Morgan fingerprint density at radius 1 is 1.39 bits per heavy atom. The summed E-state index contributed by atoms with van der Waals surface area (Å²) in [6.45, 7) is 8.41. The van der Waals surface area contributed by atoms with Gasteiger partial charge in [-0.05, 0) is 33.7 Å². The van der Waals surface area contributed by atoms with Crippen molar-refractivity contribution >= 4 is 15.9 Å². The number of hydrogen-bond donors (Lipinski definition) is 0. The highest BCUT2D eigenvalue weighted by Gasteiger charge is 2.11. The highest BCUT2D eigenvalue weighted by molar-refractivity contribution is 9.09. The SMILES string of the molecule is COc1cc(C)nc(CN(CCCBr)C(C)C)c1. The van der Waals surface area contributed by atoms with Crippen LogP contribution in [0.3, 0.4) is 0 Å². The molecule has 0 radical (unpaired) electrons. The Hall–Kier alpha value is -0.610. The lowest BCUT2D eigenvalue weighted by Gasteiger charge is -2.26. The lowest BCUT2D eigenvalue weighted by molar-refractivity contribution is 0.211. The molecule has 1 heterocycles. The molecule has 0 aliphatic carbocycles. The molecule has 0 spiro atoms. The first kappa shape index (κ1) is 15.4. The first-order chi connectivity index (χ1) is 8.56. The number of rotatable bonds is 7. The molecule has 0 fully saturated rings. The van der Waals surface area contributed by atoms with Crippen LogP contribution in [0.5, 0.6) is 5.75 Å². The summed E-state index contributed by atoms with van der Waals surface area (Å²) in [6.07, 6.45) is 1.15. The van der Waals surface area contributed by atoms with Gasteiger partial charge in [-0.2, -0.15) is 0 Å². The largest absolute Gasteiger partial charge is 0.497 e. The van der Waals surface area contributed by atoms with Crippen LogP contribution in [-0.2, 0) is 6.54 Å². The van der Waals surface area contributed by atoms with Crippen molar-refractivity contribution in [3.05, 3.63) is 23.5 Å². The molecule has 0 saturated carbocycles. The zero-order valence-electron chi connectivity index (χ0n) is 11.7. The van der Waals surface area contributed by atoms with E-state index in [1.807, 2.05) is 19.1 Å². The van der Waals surface area contributed by atoms with Gasteiger partial charge < -0.3 is 4.74 Å². The van der Waals surface area contributed by atoms with Gasteiger partial charge in [-0.15, -0.1) is 0 Å². The van der Waals surface area contributed by atoms with E-state index in [1.165, 1.54) is 0 Å². The van der Waals surface area contributed by atoms with Crippen molar-refractivity contribution < 1.29 is 4.74 Å². The number of aromatic nitrogens is 1. The molecule has 1 rings (SSSR count). The Morgan fingerprint density at radius 3 is 2.67 bits per heavy atom. The summed E-state index contributed by atoms with van der Waals surface area (Å²) in [4.78, 5) is 7.01. The Balaban J connectivity index is 2.76. The standard InChI is InChI=1S/C14H23BrN2O/c1-11(2)17(7-5-6-15)10-13-9-14(18-4)8-12(3)16-13/h8-9,11H,5-7,10H2,1-4H3. The van der Waals surface area contributed by atoms with Gasteiger partial charge in [-0.1, -0.05) is 15.9 Å². The molecule has 0 saturated heterocycles. The van der Waals surface area contributed by atoms with E-state index in [9.17, 15) is 0 Å². The van der Waals surface area contributed by atoms with Crippen LogP contribution >= 0.6 is 15.9 Å². The summed E-state index contributed by atoms with van der Waals surface area (Å²) in [6, 6.07) is 4.51. The number of methoxy groups -OCH3 is 1. The van der Waals surface area contributed by atoms with Gasteiger partial charge in [0.2, 0.25) is 0 Å². The molecule has 1 aromatic rings. The zero-order chi connectivity index (χ0) is 13.5. The Morgan fingerprint density at radius 2 is 2.11 bits per heavy atom. The molecule has 0 aliphatic heterocycles. The summed E-state index contributed by atoms with van der Waals surface area (Å²) in [5, 5.41) is 1.04. The second kappa shape index (κ2) is 7.74. The highest BCUT2D eigenvalue weighted by Crippen LogP contribution is 2.16. The minimum absolute atomic E-state index is 0.525. The van der Waals surface area contributed by atoms with Crippen molar-refractivity contribution in [2.75, 3.05) is 19.0 Å².